The minimum absolute atomic E-state index is 0.509. The number of anilines is 1. The van der Waals surface area contributed by atoms with Crippen LogP contribution in [-0.4, -0.2) is 18.6 Å². The van der Waals surface area contributed by atoms with Crippen LogP contribution in [0, 0.1) is 0 Å². The molecule has 2 aromatic carbocycles. The fraction of sp³-hybridized carbons (Fsp3) is 0. The summed E-state index contributed by atoms with van der Waals surface area (Å²) in [5.74, 6) is 0. The van der Waals surface area contributed by atoms with E-state index in [1.807, 2.05) is 42.5 Å². The monoisotopic (exact) mass is 375 g/mol. The molecule has 1 N–H and O–H groups in total. The quantitative estimate of drug-likeness (QED) is 0.702. The highest BCUT2D eigenvalue weighted by Crippen LogP contribution is 2.29. The molecule has 1 heterocycles. The molecule has 0 aliphatic heterocycles. The van der Waals surface area contributed by atoms with Crippen LogP contribution in [0.4, 0.5) is 5.69 Å². The van der Waals surface area contributed by atoms with Crippen molar-refractivity contribution in [1.29, 1.82) is 0 Å². The average Bonchev–Trinajstić information content (AvgIpc) is 3.09. The van der Waals surface area contributed by atoms with E-state index in [-0.39, 0.29) is 0 Å². The lowest BCUT2D eigenvalue weighted by Crippen LogP contribution is -2.08. The Morgan fingerprint density at radius 3 is 2.46 bits per heavy atom. The predicted molar refractivity (Wildman–Crippen MR) is 98.5 cm³/mol. The first-order valence-electron chi connectivity index (χ1n) is 6.91. The first-order valence-corrected chi connectivity index (χ1v) is 10.1. The lowest BCUT2D eigenvalue weighted by Gasteiger charge is -2.05. The number of nitrogens with zero attached hydrogens (tertiary/aromatic N) is 2. The standard InChI is InChI=1S/C16H13N3O2S3/c20-24(21,11-10-13-4-2-1-3-5-13)19-14-6-8-15(9-7-14)23-16-18-17-12-22-16/h1-12,19H/b11-10-. The Labute approximate surface area is 148 Å². The number of benzene rings is 2. The molecule has 3 rings (SSSR count). The van der Waals surface area contributed by atoms with Crippen LogP contribution in [0.1, 0.15) is 5.56 Å². The van der Waals surface area contributed by atoms with Gasteiger partial charge in [0.05, 0.1) is 5.41 Å². The van der Waals surface area contributed by atoms with Gasteiger partial charge < -0.3 is 0 Å². The van der Waals surface area contributed by atoms with Crippen LogP contribution in [0.5, 0.6) is 0 Å². The summed E-state index contributed by atoms with van der Waals surface area (Å²) in [6.45, 7) is 0. The first kappa shape index (κ1) is 16.7. The highest BCUT2D eigenvalue weighted by molar-refractivity contribution is 8.01. The van der Waals surface area contributed by atoms with Crippen LogP contribution < -0.4 is 4.72 Å². The molecule has 0 saturated heterocycles. The van der Waals surface area contributed by atoms with E-state index < -0.39 is 10.0 Å². The van der Waals surface area contributed by atoms with Crippen molar-refractivity contribution in [1.82, 2.24) is 10.2 Å². The molecule has 0 fully saturated rings. The minimum atomic E-state index is -3.55. The second-order valence-electron chi connectivity index (χ2n) is 4.69. The van der Waals surface area contributed by atoms with Gasteiger partial charge in [0.1, 0.15) is 5.51 Å². The minimum Gasteiger partial charge on any atom is -0.280 e. The van der Waals surface area contributed by atoms with Gasteiger partial charge >= 0.3 is 0 Å². The van der Waals surface area contributed by atoms with Crippen LogP contribution in [0.25, 0.3) is 6.08 Å². The molecule has 0 atom stereocenters. The summed E-state index contributed by atoms with van der Waals surface area (Å²) >= 11 is 2.94. The molecule has 0 bridgehead atoms. The van der Waals surface area contributed by atoms with Crippen LogP contribution in [0.2, 0.25) is 0 Å². The van der Waals surface area contributed by atoms with Crippen molar-refractivity contribution in [3.8, 4) is 0 Å². The number of rotatable bonds is 6. The maximum absolute atomic E-state index is 12.1. The second kappa shape index (κ2) is 7.61. The number of hydrogen-bond donors (Lipinski definition) is 1. The summed E-state index contributed by atoms with van der Waals surface area (Å²) in [5, 5.41) is 8.89. The largest absolute Gasteiger partial charge is 0.280 e. The number of nitrogens with one attached hydrogen (secondary N) is 1. The Bertz CT molecular complexity index is 907. The Kier molecular flexibility index (Phi) is 5.29. The normalized spacial score (nSPS) is 11.7. The third-order valence-corrected chi connectivity index (χ3v) is 5.70. The molecule has 3 aromatic rings. The number of aromatic nitrogens is 2. The highest BCUT2D eigenvalue weighted by Gasteiger charge is 2.06. The molecule has 0 aliphatic carbocycles. The fourth-order valence-corrected chi connectivity index (χ4v) is 4.15. The predicted octanol–water partition coefficient (Wildman–Crippen LogP) is 4.10. The smallest absolute Gasteiger partial charge is 0.255 e. The van der Waals surface area contributed by atoms with Crippen molar-refractivity contribution in [3.05, 3.63) is 71.1 Å². The van der Waals surface area contributed by atoms with Gasteiger partial charge in [-0.15, -0.1) is 10.2 Å². The van der Waals surface area contributed by atoms with Gasteiger partial charge in [-0.1, -0.05) is 53.4 Å². The molecule has 0 spiro atoms. The van der Waals surface area contributed by atoms with E-state index in [2.05, 4.69) is 14.9 Å². The zero-order valence-corrected chi connectivity index (χ0v) is 14.8. The van der Waals surface area contributed by atoms with E-state index in [1.165, 1.54) is 23.1 Å². The third-order valence-electron chi connectivity index (χ3n) is 2.90. The van der Waals surface area contributed by atoms with Crippen molar-refractivity contribution in [2.75, 3.05) is 4.72 Å². The maximum Gasteiger partial charge on any atom is 0.255 e. The Morgan fingerprint density at radius 1 is 1.04 bits per heavy atom. The van der Waals surface area contributed by atoms with E-state index in [0.29, 0.717) is 5.69 Å². The van der Waals surface area contributed by atoms with Crippen molar-refractivity contribution >= 4 is 44.9 Å². The zero-order valence-electron chi connectivity index (χ0n) is 12.4. The van der Waals surface area contributed by atoms with Gasteiger partial charge in [-0.2, -0.15) is 0 Å². The number of sulfonamides is 1. The van der Waals surface area contributed by atoms with Crippen molar-refractivity contribution < 1.29 is 8.42 Å². The summed E-state index contributed by atoms with van der Waals surface area (Å²) in [6.07, 6.45) is 1.56. The van der Waals surface area contributed by atoms with Crippen LogP contribution in [-0.2, 0) is 10.0 Å². The van der Waals surface area contributed by atoms with E-state index in [1.54, 1.807) is 23.7 Å². The van der Waals surface area contributed by atoms with Crippen LogP contribution in [0.3, 0.4) is 0 Å². The molecule has 1 aromatic heterocycles. The van der Waals surface area contributed by atoms with E-state index in [4.69, 9.17) is 0 Å². The van der Waals surface area contributed by atoms with Gasteiger partial charge in [0.15, 0.2) is 4.34 Å². The summed E-state index contributed by atoms with van der Waals surface area (Å²) in [5.41, 5.74) is 3.00. The summed E-state index contributed by atoms with van der Waals surface area (Å²) in [6, 6.07) is 16.4. The molecule has 8 heteroatoms. The van der Waals surface area contributed by atoms with Gasteiger partial charge in [-0.05, 0) is 35.9 Å². The Hall–Kier alpha value is -2.16. The summed E-state index contributed by atoms with van der Waals surface area (Å²) < 4.78 is 27.6. The van der Waals surface area contributed by atoms with Gasteiger partial charge in [0.2, 0.25) is 0 Å². The van der Waals surface area contributed by atoms with Gasteiger partial charge in [-0.3, -0.25) is 4.72 Å². The van der Waals surface area contributed by atoms with Gasteiger partial charge in [0, 0.05) is 10.6 Å². The van der Waals surface area contributed by atoms with E-state index in [9.17, 15) is 8.42 Å². The molecule has 0 unspecified atom stereocenters. The van der Waals surface area contributed by atoms with Gasteiger partial charge in [0.25, 0.3) is 10.0 Å². The van der Waals surface area contributed by atoms with Crippen molar-refractivity contribution in [3.63, 3.8) is 0 Å². The highest BCUT2D eigenvalue weighted by atomic mass is 32.2. The Morgan fingerprint density at radius 2 is 1.79 bits per heavy atom. The van der Waals surface area contributed by atoms with Crippen LogP contribution >= 0.6 is 23.1 Å². The molecule has 0 amide bonds. The maximum atomic E-state index is 12.1. The van der Waals surface area contributed by atoms with Crippen molar-refractivity contribution in [2.45, 2.75) is 9.24 Å². The molecular formula is C16H13N3O2S3. The molecule has 24 heavy (non-hydrogen) atoms. The molecular weight excluding hydrogens is 362 g/mol. The van der Waals surface area contributed by atoms with Gasteiger partial charge in [-0.25, -0.2) is 8.42 Å². The molecule has 122 valence electrons. The molecule has 0 aliphatic rings. The summed E-state index contributed by atoms with van der Waals surface area (Å²) in [4.78, 5) is 0.967. The molecule has 0 saturated carbocycles. The molecule has 0 radical (unpaired) electrons. The third kappa shape index (κ3) is 4.92. The first-order chi connectivity index (χ1) is 11.6. The lowest BCUT2D eigenvalue weighted by atomic mass is 10.2. The zero-order chi connectivity index (χ0) is 16.8. The fourth-order valence-electron chi connectivity index (χ4n) is 1.83. The average molecular weight is 376 g/mol. The summed E-state index contributed by atoms with van der Waals surface area (Å²) in [7, 11) is -3.55. The van der Waals surface area contributed by atoms with E-state index in [0.717, 1.165) is 20.2 Å². The number of hydrogen-bond acceptors (Lipinski definition) is 6. The topological polar surface area (TPSA) is 72.0 Å². The second-order valence-corrected chi connectivity index (χ2v) is 8.41. The van der Waals surface area contributed by atoms with E-state index >= 15 is 0 Å². The SMILES string of the molecule is O=S(=O)(/C=C\c1ccccc1)Nc1ccc(Sc2nncs2)cc1. The Balaban J connectivity index is 1.65. The molecule has 5 nitrogen and oxygen atoms in total. The lowest BCUT2D eigenvalue weighted by molar-refractivity contribution is 0.609. The van der Waals surface area contributed by atoms with Crippen LogP contribution in [0.15, 0.2) is 74.8 Å². The van der Waals surface area contributed by atoms with Crippen molar-refractivity contribution in [2.24, 2.45) is 0 Å².